The molecule has 2 heterocycles. The maximum atomic E-state index is 12.5. The molecule has 0 atom stereocenters. The number of carbonyl (C=O) groups is 1. The van der Waals surface area contributed by atoms with E-state index in [0.29, 0.717) is 19.6 Å². The van der Waals surface area contributed by atoms with Crippen LogP contribution in [-0.4, -0.2) is 42.9 Å². The molecule has 0 aromatic heterocycles. The van der Waals surface area contributed by atoms with Crippen LogP contribution in [0.1, 0.15) is 29.5 Å². The molecule has 0 saturated carbocycles. The van der Waals surface area contributed by atoms with Crippen molar-refractivity contribution in [2.75, 3.05) is 26.3 Å². The molecule has 2 aliphatic heterocycles. The number of hydrogen-bond acceptors (Lipinski definition) is 3. The molecule has 0 radical (unpaired) electrons. The van der Waals surface area contributed by atoms with E-state index in [1.165, 1.54) is 11.1 Å². The Morgan fingerprint density at radius 3 is 2.52 bits per heavy atom. The lowest BCUT2D eigenvalue weighted by Crippen LogP contribution is -2.47. The van der Waals surface area contributed by atoms with E-state index in [4.69, 9.17) is 9.47 Å². The fourth-order valence-electron chi connectivity index (χ4n) is 3.15. The Morgan fingerprint density at radius 2 is 1.86 bits per heavy atom. The summed E-state index contributed by atoms with van der Waals surface area (Å²) in [6, 6.07) is 6.29. The van der Waals surface area contributed by atoms with Gasteiger partial charge in [0.1, 0.15) is 0 Å². The number of rotatable bonds is 2. The van der Waals surface area contributed by atoms with Gasteiger partial charge in [0.15, 0.2) is 5.79 Å². The first-order chi connectivity index (χ1) is 10.1. The molecule has 21 heavy (non-hydrogen) atoms. The highest BCUT2D eigenvalue weighted by Crippen LogP contribution is 2.31. The quantitative estimate of drug-likeness (QED) is 0.838. The van der Waals surface area contributed by atoms with Gasteiger partial charge in [-0.05, 0) is 25.0 Å². The molecule has 4 heteroatoms. The number of likely N-dealkylation sites (tertiary alicyclic amines) is 1. The number of piperidine rings is 1. The Labute approximate surface area is 126 Å². The van der Waals surface area contributed by atoms with E-state index >= 15 is 0 Å². The fourth-order valence-corrected chi connectivity index (χ4v) is 3.15. The van der Waals surface area contributed by atoms with E-state index in [1.807, 2.05) is 4.90 Å². The normalized spacial score (nSPS) is 21.0. The molecular formula is C17H23NO3. The molecule has 2 saturated heterocycles. The van der Waals surface area contributed by atoms with E-state index in [1.54, 1.807) is 0 Å². The number of nitrogens with zero attached hydrogens (tertiary/aromatic N) is 1. The molecule has 1 amide bonds. The predicted octanol–water partition coefficient (Wildman–Crippen LogP) is 2.21. The summed E-state index contributed by atoms with van der Waals surface area (Å²) in [6.07, 6.45) is 2.05. The Bertz CT molecular complexity index is 525. The molecule has 1 aromatic carbocycles. The van der Waals surface area contributed by atoms with Crippen molar-refractivity contribution in [2.24, 2.45) is 0 Å². The van der Waals surface area contributed by atoms with Crippen molar-refractivity contribution in [3.63, 3.8) is 0 Å². The third kappa shape index (κ3) is 3.11. The van der Waals surface area contributed by atoms with Crippen LogP contribution in [0, 0.1) is 13.8 Å². The van der Waals surface area contributed by atoms with Crippen LogP contribution in [0.2, 0.25) is 0 Å². The number of hydrogen-bond donors (Lipinski definition) is 0. The highest BCUT2D eigenvalue weighted by atomic mass is 16.7. The zero-order valence-corrected chi connectivity index (χ0v) is 12.9. The third-order valence-corrected chi connectivity index (χ3v) is 4.54. The van der Waals surface area contributed by atoms with Gasteiger partial charge in [0.25, 0.3) is 0 Å². The average Bonchev–Trinajstić information content (AvgIpc) is 2.92. The lowest BCUT2D eigenvalue weighted by molar-refractivity contribution is -0.187. The third-order valence-electron chi connectivity index (χ3n) is 4.54. The molecule has 1 spiro atoms. The summed E-state index contributed by atoms with van der Waals surface area (Å²) >= 11 is 0. The maximum Gasteiger partial charge on any atom is 0.227 e. The van der Waals surface area contributed by atoms with Gasteiger partial charge in [0.05, 0.1) is 19.6 Å². The topological polar surface area (TPSA) is 38.8 Å². The largest absolute Gasteiger partial charge is 0.347 e. The van der Waals surface area contributed by atoms with Crippen molar-refractivity contribution in [2.45, 2.75) is 38.9 Å². The van der Waals surface area contributed by atoms with E-state index in [0.717, 1.165) is 31.5 Å². The standard InChI is InChI=1S/C17H23NO3/c1-13-3-4-14(2)15(11-13)12-16(19)18-7-5-17(6-8-18)20-9-10-21-17/h3-4,11H,5-10,12H2,1-2H3. The van der Waals surface area contributed by atoms with Gasteiger partial charge in [0.2, 0.25) is 5.91 Å². The van der Waals surface area contributed by atoms with Crippen molar-refractivity contribution < 1.29 is 14.3 Å². The van der Waals surface area contributed by atoms with Crippen LogP contribution < -0.4 is 0 Å². The van der Waals surface area contributed by atoms with Gasteiger partial charge in [-0.15, -0.1) is 0 Å². The monoisotopic (exact) mass is 289 g/mol. The second-order valence-electron chi connectivity index (χ2n) is 6.10. The highest BCUT2D eigenvalue weighted by molar-refractivity contribution is 5.79. The minimum Gasteiger partial charge on any atom is -0.347 e. The number of aryl methyl sites for hydroxylation is 2. The Balaban J connectivity index is 1.60. The molecule has 0 bridgehead atoms. The Morgan fingerprint density at radius 1 is 1.19 bits per heavy atom. The number of ether oxygens (including phenoxy) is 2. The Kier molecular flexibility index (Phi) is 4.00. The molecule has 0 unspecified atom stereocenters. The number of amides is 1. The van der Waals surface area contributed by atoms with Gasteiger partial charge in [-0.3, -0.25) is 4.79 Å². The van der Waals surface area contributed by atoms with E-state index < -0.39 is 5.79 Å². The highest BCUT2D eigenvalue weighted by Gasteiger charge is 2.40. The summed E-state index contributed by atoms with van der Waals surface area (Å²) < 4.78 is 11.4. The van der Waals surface area contributed by atoms with Crippen molar-refractivity contribution >= 4 is 5.91 Å². The second kappa shape index (κ2) is 5.78. The van der Waals surface area contributed by atoms with Gasteiger partial charge < -0.3 is 14.4 Å². The zero-order chi connectivity index (χ0) is 14.9. The van der Waals surface area contributed by atoms with Crippen LogP contribution in [0.5, 0.6) is 0 Å². The number of carbonyl (C=O) groups excluding carboxylic acids is 1. The van der Waals surface area contributed by atoms with E-state index in [2.05, 4.69) is 32.0 Å². The zero-order valence-electron chi connectivity index (χ0n) is 12.9. The molecule has 2 aliphatic rings. The SMILES string of the molecule is Cc1ccc(C)c(CC(=O)N2CCC3(CC2)OCCO3)c1. The smallest absolute Gasteiger partial charge is 0.227 e. The molecule has 4 nitrogen and oxygen atoms in total. The first-order valence-corrected chi connectivity index (χ1v) is 7.70. The van der Waals surface area contributed by atoms with Crippen LogP contribution in [0.4, 0.5) is 0 Å². The first-order valence-electron chi connectivity index (χ1n) is 7.70. The maximum absolute atomic E-state index is 12.5. The van der Waals surface area contributed by atoms with Gasteiger partial charge in [0, 0.05) is 25.9 Å². The minimum atomic E-state index is -0.407. The molecule has 3 rings (SSSR count). The van der Waals surface area contributed by atoms with Gasteiger partial charge in [-0.25, -0.2) is 0 Å². The first kappa shape index (κ1) is 14.5. The molecule has 114 valence electrons. The van der Waals surface area contributed by atoms with Crippen LogP contribution in [-0.2, 0) is 20.7 Å². The fraction of sp³-hybridized carbons (Fsp3) is 0.588. The predicted molar refractivity (Wildman–Crippen MR) is 80.1 cm³/mol. The molecule has 1 aromatic rings. The summed E-state index contributed by atoms with van der Waals surface area (Å²) in [6.45, 7) is 6.93. The average molecular weight is 289 g/mol. The lowest BCUT2D eigenvalue weighted by Gasteiger charge is -2.37. The molecule has 0 N–H and O–H groups in total. The summed E-state index contributed by atoms with van der Waals surface area (Å²) in [5.74, 6) is -0.202. The summed E-state index contributed by atoms with van der Waals surface area (Å²) in [5.41, 5.74) is 3.52. The van der Waals surface area contributed by atoms with Crippen LogP contribution in [0.25, 0.3) is 0 Å². The Hall–Kier alpha value is -1.39. The molecule has 2 fully saturated rings. The van der Waals surface area contributed by atoms with Crippen molar-refractivity contribution in [3.8, 4) is 0 Å². The van der Waals surface area contributed by atoms with Gasteiger partial charge in [-0.2, -0.15) is 0 Å². The van der Waals surface area contributed by atoms with Crippen molar-refractivity contribution in [1.29, 1.82) is 0 Å². The van der Waals surface area contributed by atoms with Gasteiger partial charge in [-0.1, -0.05) is 23.8 Å². The number of benzene rings is 1. The van der Waals surface area contributed by atoms with E-state index in [9.17, 15) is 4.79 Å². The van der Waals surface area contributed by atoms with Gasteiger partial charge >= 0.3 is 0 Å². The van der Waals surface area contributed by atoms with Crippen molar-refractivity contribution in [3.05, 3.63) is 34.9 Å². The van der Waals surface area contributed by atoms with Crippen LogP contribution >= 0.6 is 0 Å². The summed E-state index contributed by atoms with van der Waals surface area (Å²) in [4.78, 5) is 14.4. The second-order valence-corrected chi connectivity index (χ2v) is 6.10. The minimum absolute atomic E-state index is 0.205. The van der Waals surface area contributed by atoms with Crippen molar-refractivity contribution in [1.82, 2.24) is 4.90 Å². The summed E-state index contributed by atoms with van der Waals surface area (Å²) in [7, 11) is 0. The van der Waals surface area contributed by atoms with Crippen LogP contribution in [0.3, 0.4) is 0 Å². The van der Waals surface area contributed by atoms with Crippen LogP contribution in [0.15, 0.2) is 18.2 Å². The molecular weight excluding hydrogens is 266 g/mol. The van der Waals surface area contributed by atoms with E-state index in [-0.39, 0.29) is 5.91 Å². The lowest BCUT2D eigenvalue weighted by atomic mass is 10.00. The summed E-state index contributed by atoms with van der Waals surface area (Å²) in [5, 5.41) is 0. The molecule has 0 aliphatic carbocycles.